The molecule has 0 amide bonds. The van der Waals surface area contributed by atoms with Crippen LogP contribution in [0.1, 0.15) is 5.76 Å². The van der Waals surface area contributed by atoms with Crippen LogP contribution in [-0.2, 0) is 15.3 Å². The van der Waals surface area contributed by atoms with E-state index in [2.05, 4.69) is 9.98 Å². The fourth-order valence-electron chi connectivity index (χ4n) is 1.84. The Morgan fingerprint density at radius 2 is 2.47 bits per heavy atom. The number of oxazole rings is 1. The maximum absolute atomic E-state index is 5.66. The average Bonchev–Trinajstić information content (AvgIpc) is 3.02. The number of rotatable bonds is 2. The van der Waals surface area contributed by atoms with Crippen molar-refractivity contribution in [3.63, 3.8) is 0 Å². The summed E-state index contributed by atoms with van der Waals surface area (Å²) in [7, 11) is 0. The highest BCUT2D eigenvalue weighted by atomic mass is 16.6. The third kappa shape index (κ3) is 1.30. The van der Waals surface area contributed by atoms with Crippen LogP contribution in [0.3, 0.4) is 0 Å². The first-order chi connectivity index (χ1) is 7.42. The Hall–Kier alpha value is -1.24. The smallest absolute Gasteiger partial charge is 0.283 e. The highest BCUT2D eigenvalue weighted by molar-refractivity contribution is 5.61. The van der Waals surface area contributed by atoms with Gasteiger partial charge in [0.2, 0.25) is 0 Å². The lowest BCUT2D eigenvalue weighted by atomic mass is 10.3. The van der Waals surface area contributed by atoms with Crippen LogP contribution >= 0.6 is 0 Å². The third-order valence-electron chi connectivity index (χ3n) is 2.56. The second-order valence-corrected chi connectivity index (χ2v) is 3.40. The lowest BCUT2D eigenvalue weighted by molar-refractivity contribution is -0.149. The molecular weight excluding hydrogens is 198 g/mol. The fraction of sp³-hybridized carbons (Fsp3) is 0.556. The van der Waals surface area contributed by atoms with Crippen molar-refractivity contribution in [1.29, 1.82) is 0 Å². The number of hydrogen-bond acceptors (Lipinski definition) is 6. The fourth-order valence-corrected chi connectivity index (χ4v) is 1.84. The van der Waals surface area contributed by atoms with E-state index in [1.165, 1.54) is 6.39 Å². The molecule has 15 heavy (non-hydrogen) atoms. The van der Waals surface area contributed by atoms with Crippen LogP contribution in [0.15, 0.2) is 22.0 Å². The van der Waals surface area contributed by atoms with Gasteiger partial charge in [0, 0.05) is 12.8 Å². The number of ether oxygens (including phenoxy) is 2. The zero-order valence-electron chi connectivity index (χ0n) is 8.13. The quantitative estimate of drug-likeness (QED) is 0.695. The number of nitrogens with zero attached hydrogens (tertiary/aromatic N) is 3. The maximum atomic E-state index is 5.66. The lowest BCUT2D eigenvalue weighted by Crippen LogP contribution is -2.43. The minimum absolute atomic E-state index is 0.483. The molecule has 2 aliphatic heterocycles. The van der Waals surface area contributed by atoms with E-state index < -0.39 is 5.85 Å². The van der Waals surface area contributed by atoms with Crippen molar-refractivity contribution >= 4 is 6.21 Å². The highest BCUT2D eigenvalue weighted by Crippen LogP contribution is 2.34. The summed E-state index contributed by atoms with van der Waals surface area (Å²) in [5.74, 6) is -0.255. The highest BCUT2D eigenvalue weighted by Gasteiger charge is 2.46. The van der Waals surface area contributed by atoms with Crippen LogP contribution in [0, 0.1) is 0 Å². The Morgan fingerprint density at radius 1 is 1.47 bits per heavy atom. The summed E-state index contributed by atoms with van der Waals surface area (Å²) in [6.45, 7) is 2.45. The molecule has 0 spiro atoms. The molecule has 0 N–H and O–H groups in total. The van der Waals surface area contributed by atoms with Gasteiger partial charge in [0.15, 0.2) is 12.2 Å². The van der Waals surface area contributed by atoms with Gasteiger partial charge >= 0.3 is 0 Å². The zero-order chi connectivity index (χ0) is 10.1. The predicted molar refractivity (Wildman–Crippen MR) is 50.2 cm³/mol. The predicted octanol–water partition coefficient (Wildman–Crippen LogP) is 0.176. The Bertz CT molecular complexity index is 359. The lowest BCUT2D eigenvalue weighted by Gasteiger charge is -2.31. The van der Waals surface area contributed by atoms with Gasteiger partial charge in [-0.1, -0.05) is 0 Å². The van der Waals surface area contributed by atoms with Crippen LogP contribution in [0.2, 0.25) is 0 Å². The summed E-state index contributed by atoms with van der Waals surface area (Å²) in [6.07, 6.45) is 4.74. The first-order valence-corrected chi connectivity index (χ1v) is 4.81. The van der Waals surface area contributed by atoms with Crippen molar-refractivity contribution < 1.29 is 13.9 Å². The van der Waals surface area contributed by atoms with Gasteiger partial charge < -0.3 is 13.9 Å². The maximum Gasteiger partial charge on any atom is 0.283 e. The van der Waals surface area contributed by atoms with Gasteiger partial charge in [-0.05, 0) is 0 Å². The Kier molecular flexibility index (Phi) is 2.05. The van der Waals surface area contributed by atoms with Crippen molar-refractivity contribution in [2.24, 2.45) is 4.99 Å². The van der Waals surface area contributed by atoms with Crippen LogP contribution in [-0.4, -0.2) is 42.6 Å². The van der Waals surface area contributed by atoms with Crippen LogP contribution < -0.4 is 0 Å². The minimum atomic E-state index is -0.854. The van der Waals surface area contributed by atoms with E-state index in [0.717, 1.165) is 6.54 Å². The molecule has 1 unspecified atom stereocenters. The van der Waals surface area contributed by atoms with Crippen LogP contribution in [0.4, 0.5) is 0 Å². The molecule has 1 saturated heterocycles. The van der Waals surface area contributed by atoms with Crippen molar-refractivity contribution in [1.82, 2.24) is 9.88 Å². The summed E-state index contributed by atoms with van der Waals surface area (Å²) in [4.78, 5) is 10.2. The van der Waals surface area contributed by atoms with Crippen molar-refractivity contribution in [2.45, 2.75) is 5.85 Å². The van der Waals surface area contributed by atoms with E-state index in [1.54, 1.807) is 12.4 Å². The molecule has 0 aromatic carbocycles. The van der Waals surface area contributed by atoms with Gasteiger partial charge in [-0.15, -0.1) is 0 Å². The van der Waals surface area contributed by atoms with Gasteiger partial charge in [0.05, 0.1) is 19.4 Å². The van der Waals surface area contributed by atoms with Crippen molar-refractivity contribution in [3.05, 3.63) is 18.4 Å². The van der Waals surface area contributed by atoms with Gasteiger partial charge in [-0.25, -0.2) is 14.9 Å². The van der Waals surface area contributed by atoms with E-state index in [9.17, 15) is 0 Å². The molecule has 0 saturated carbocycles. The summed E-state index contributed by atoms with van der Waals surface area (Å²) in [5, 5.41) is 0. The zero-order valence-corrected chi connectivity index (χ0v) is 8.13. The Balaban J connectivity index is 1.98. The molecule has 0 aliphatic carbocycles. The molecule has 1 fully saturated rings. The molecule has 1 aromatic rings. The topological polar surface area (TPSA) is 60.1 Å². The summed E-state index contributed by atoms with van der Waals surface area (Å²) in [6, 6.07) is 0. The number of aromatic nitrogens is 1. The Labute approximate surface area is 86.5 Å². The third-order valence-corrected chi connectivity index (χ3v) is 2.56. The van der Waals surface area contributed by atoms with Gasteiger partial charge in [-0.2, -0.15) is 0 Å². The van der Waals surface area contributed by atoms with Gasteiger partial charge in [0.25, 0.3) is 5.85 Å². The molecule has 1 atom stereocenters. The van der Waals surface area contributed by atoms with E-state index in [-0.39, 0.29) is 0 Å². The summed E-state index contributed by atoms with van der Waals surface area (Å²) >= 11 is 0. The molecule has 3 heterocycles. The number of hydrogen-bond donors (Lipinski definition) is 0. The molecule has 0 radical (unpaired) electrons. The van der Waals surface area contributed by atoms with E-state index in [1.807, 2.05) is 4.90 Å². The SMILES string of the molecule is C1=NC(c2cnco2)(N2CCOC2)OC1. The summed E-state index contributed by atoms with van der Waals surface area (Å²) < 4.78 is 16.2. The molecule has 3 rings (SSSR count). The average molecular weight is 209 g/mol. The van der Waals surface area contributed by atoms with Crippen LogP contribution in [0.5, 0.6) is 0 Å². The molecule has 80 valence electrons. The van der Waals surface area contributed by atoms with E-state index >= 15 is 0 Å². The Morgan fingerprint density at radius 3 is 3.07 bits per heavy atom. The number of aliphatic imine (C=N–C) groups is 1. The molecule has 6 heteroatoms. The second-order valence-electron chi connectivity index (χ2n) is 3.40. The second kappa shape index (κ2) is 3.41. The molecule has 1 aromatic heterocycles. The van der Waals surface area contributed by atoms with E-state index in [0.29, 0.717) is 25.7 Å². The van der Waals surface area contributed by atoms with Gasteiger partial charge in [0.1, 0.15) is 6.73 Å². The molecule has 0 bridgehead atoms. The monoisotopic (exact) mass is 209 g/mol. The van der Waals surface area contributed by atoms with Crippen molar-refractivity contribution in [2.75, 3.05) is 26.5 Å². The summed E-state index contributed by atoms with van der Waals surface area (Å²) in [5.41, 5.74) is 0. The molecule has 6 nitrogen and oxygen atoms in total. The first-order valence-electron chi connectivity index (χ1n) is 4.81. The van der Waals surface area contributed by atoms with Gasteiger partial charge in [-0.3, -0.25) is 0 Å². The normalized spacial score (nSPS) is 31.5. The van der Waals surface area contributed by atoms with E-state index in [4.69, 9.17) is 13.9 Å². The van der Waals surface area contributed by atoms with Crippen molar-refractivity contribution in [3.8, 4) is 0 Å². The minimum Gasteiger partial charge on any atom is -0.442 e. The first kappa shape index (κ1) is 9.02. The molecule has 2 aliphatic rings. The molecular formula is C9H11N3O3. The standard InChI is InChI=1S/C9H11N3O3/c1-3-15-9(11-1,8-5-10-6-14-8)12-2-4-13-7-12/h1,5-6H,2-4,7H2. The largest absolute Gasteiger partial charge is 0.442 e. The van der Waals surface area contributed by atoms with Crippen LogP contribution in [0.25, 0.3) is 0 Å².